The van der Waals surface area contributed by atoms with E-state index in [4.69, 9.17) is 0 Å². The van der Waals surface area contributed by atoms with Crippen LogP contribution in [0.1, 0.15) is 11.1 Å². The Bertz CT molecular complexity index is 255. The van der Waals surface area contributed by atoms with Crippen LogP contribution < -0.4 is 0 Å². The molecular weight excluding hydrogens is 239 g/mol. The van der Waals surface area contributed by atoms with E-state index in [1.165, 1.54) is 5.56 Å². The lowest BCUT2D eigenvalue weighted by Gasteiger charge is -1.96. The summed E-state index contributed by atoms with van der Waals surface area (Å²) in [6.45, 7) is 4.04. The Hall–Kier alpha value is -0.250. The van der Waals surface area contributed by atoms with E-state index in [9.17, 15) is 3.07 Å². The van der Waals surface area contributed by atoms with Crippen molar-refractivity contribution in [3.8, 4) is 0 Å². The van der Waals surface area contributed by atoms with Gasteiger partial charge in [0.1, 0.15) is 0 Å². The lowest BCUT2D eigenvalue weighted by molar-refractivity contribution is 0.648. The molecule has 0 radical (unpaired) electrons. The van der Waals surface area contributed by atoms with Crippen molar-refractivity contribution in [1.29, 1.82) is 0 Å². The van der Waals surface area contributed by atoms with Gasteiger partial charge < -0.3 is 0 Å². The van der Waals surface area contributed by atoms with Crippen molar-refractivity contribution >= 4 is 21.2 Å². The third-order valence-corrected chi connectivity index (χ3v) is 3.08. The highest BCUT2D eigenvalue weighted by atomic mass is 127. The van der Waals surface area contributed by atoms with Gasteiger partial charge in [-0.3, -0.25) is 3.07 Å². The predicted octanol–water partition coefficient (Wildman–Crippen LogP) is 2.79. The van der Waals surface area contributed by atoms with Crippen molar-refractivity contribution < 1.29 is 3.07 Å². The number of hydrogen-bond acceptors (Lipinski definition) is 1. The van der Waals surface area contributed by atoms with Gasteiger partial charge in [0.05, 0.1) is 0 Å². The van der Waals surface area contributed by atoms with Crippen molar-refractivity contribution in [1.82, 2.24) is 0 Å². The van der Waals surface area contributed by atoms with E-state index in [2.05, 4.69) is 6.07 Å². The van der Waals surface area contributed by atoms with E-state index in [0.717, 1.165) is 9.13 Å². The molecule has 10 heavy (non-hydrogen) atoms. The summed E-state index contributed by atoms with van der Waals surface area (Å²) in [7, 11) is 0. The molecule has 0 unspecified atom stereocenters. The Labute approximate surface area is 71.1 Å². The summed E-state index contributed by atoms with van der Waals surface area (Å²) in [6, 6.07) is 6.01. The minimum absolute atomic E-state index is 0.975. The van der Waals surface area contributed by atoms with Crippen molar-refractivity contribution in [2.45, 2.75) is 13.8 Å². The molecule has 0 spiro atoms. The maximum Gasteiger partial charge on any atom is 0.182 e. The normalized spacial score (nSPS) is 9.80. The zero-order chi connectivity index (χ0) is 7.56. The van der Waals surface area contributed by atoms with E-state index in [1.807, 2.05) is 26.0 Å². The molecule has 0 bridgehead atoms. The maximum absolute atomic E-state index is 10.6. The molecule has 0 amide bonds. The van der Waals surface area contributed by atoms with Crippen molar-refractivity contribution in [3.63, 3.8) is 0 Å². The number of hydrogen-bond donors (Lipinski definition) is 0. The van der Waals surface area contributed by atoms with Gasteiger partial charge >= 0.3 is 0 Å². The first-order valence-electron chi connectivity index (χ1n) is 3.08. The summed E-state index contributed by atoms with van der Waals surface area (Å²) in [5.41, 5.74) is 2.39. The Balaban J connectivity index is 3.19. The highest BCUT2D eigenvalue weighted by molar-refractivity contribution is 14.1. The number of halogens is 1. The molecule has 1 rings (SSSR count). The Kier molecular flexibility index (Phi) is 2.54. The minimum Gasteiger partial charge on any atom is -0.265 e. The van der Waals surface area contributed by atoms with E-state index >= 15 is 0 Å². The van der Waals surface area contributed by atoms with Crippen molar-refractivity contribution in [2.75, 3.05) is 0 Å². The van der Waals surface area contributed by atoms with Crippen LogP contribution in [0, 0.1) is 17.4 Å². The van der Waals surface area contributed by atoms with Crippen LogP contribution in [0.4, 0.5) is 0 Å². The molecule has 2 heteroatoms. The number of benzene rings is 1. The highest BCUT2D eigenvalue weighted by Crippen LogP contribution is 2.15. The summed E-state index contributed by atoms with van der Waals surface area (Å²) in [6.07, 6.45) is 0. The molecule has 0 saturated carbocycles. The fourth-order valence-electron chi connectivity index (χ4n) is 0.881. The van der Waals surface area contributed by atoms with Crippen LogP contribution >= 0.6 is 21.2 Å². The van der Waals surface area contributed by atoms with Crippen LogP contribution in [0.15, 0.2) is 18.2 Å². The third-order valence-electron chi connectivity index (χ3n) is 1.40. The standard InChI is InChI=1S/C8H9IO/c1-6-3-4-8(9-10)7(2)5-6/h3-5H,1-2H3. The Morgan fingerprint density at radius 1 is 1.30 bits per heavy atom. The summed E-state index contributed by atoms with van der Waals surface area (Å²) >= 11 is -0.975. The Morgan fingerprint density at radius 2 is 2.00 bits per heavy atom. The van der Waals surface area contributed by atoms with Gasteiger partial charge in [-0.05, 0) is 25.5 Å². The molecule has 0 aliphatic heterocycles. The van der Waals surface area contributed by atoms with E-state index < -0.39 is 21.2 Å². The molecule has 0 aromatic heterocycles. The van der Waals surface area contributed by atoms with Gasteiger partial charge in [-0.2, -0.15) is 0 Å². The van der Waals surface area contributed by atoms with Gasteiger partial charge in [0.25, 0.3) is 0 Å². The van der Waals surface area contributed by atoms with Crippen molar-refractivity contribution in [3.05, 3.63) is 32.9 Å². The summed E-state index contributed by atoms with van der Waals surface area (Å²) in [4.78, 5) is 0. The lowest BCUT2D eigenvalue weighted by atomic mass is 10.2. The third kappa shape index (κ3) is 1.62. The fourth-order valence-corrected chi connectivity index (χ4v) is 1.71. The molecule has 1 aromatic carbocycles. The zero-order valence-corrected chi connectivity index (χ0v) is 8.18. The quantitative estimate of drug-likeness (QED) is 0.698. The lowest BCUT2D eigenvalue weighted by Crippen LogP contribution is -1.80. The number of rotatable bonds is 1. The predicted molar refractivity (Wildman–Crippen MR) is 49.3 cm³/mol. The molecule has 1 aromatic rings. The van der Waals surface area contributed by atoms with Crippen LogP contribution in [-0.4, -0.2) is 0 Å². The second-order valence-corrected chi connectivity index (χ2v) is 3.93. The van der Waals surface area contributed by atoms with Gasteiger partial charge in [-0.15, -0.1) is 0 Å². The molecule has 0 N–H and O–H groups in total. The molecule has 0 heterocycles. The molecular formula is C8H9IO. The summed E-state index contributed by atoms with van der Waals surface area (Å²) in [5, 5.41) is 0. The maximum atomic E-state index is 10.6. The Morgan fingerprint density at radius 3 is 2.50 bits per heavy atom. The van der Waals surface area contributed by atoms with Crippen molar-refractivity contribution in [2.24, 2.45) is 0 Å². The molecule has 0 aliphatic carbocycles. The second kappa shape index (κ2) is 3.23. The monoisotopic (exact) mass is 248 g/mol. The van der Waals surface area contributed by atoms with E-state index in [-0.39, 0.29) is 0 Å². The SMILES string of the molecule is Cc1ccc(I=O)c(C)c1. The van der Waals surface area contributed by atoms with Gasteiger partial charge in [0.2, 0.25) is 0 Å². The first-order valence-corrected chi connectivity index (χ1v) is 5.04. The van der Waals surface area contributed by atoms with Crippen LogP contribution in [-0.2, 0) is 3.07 Å². The average molecular weight is 248 g/mol. The van der Waals surface area contributed by atoms with Gasteiger partial charge in [-0.1, -0.05) is 17.7 Å². The smallest absolute Gasteiger partial charge is 0.182 e. The molecule has 1 nitrogen and oxygen atoms in total. The van der Waals surface area contributed by atoms with E-state index in [0.29, 0.717) is 0 Å². The first-order chi connectivity index (χ1) is 4.74. The molecule has 0 saturated heterocycles. The highest BCUT2D eigenvalue weighted by Gasteiger charge is 1.95. The minimum atomic E-state index is -0.975. The van der Waals surface area contributed by atoms with Crippen LogP contribution in [0.5, 0.6) is 0 Å². The summed E-state index contributed by atoms with van der Waals surface area (Å²) in [5.74, 6) is 0. The van der Waals surface area contributed by atoms with Gasteiger partial charge in [0, 0.05) is 3.57 Å². The molecule has 0 aliphatic rings. The fraction of sp³-hybridized carbons (Fsp3) is 0.250. The van der Waals surface area contributed by atoms with Gasteiger partial charge in [0.15, 0.2) is 21.2 Å². The summed E-state index contributed by atoms with van der Waals surface area (Å²) < 4.78 is 11.6. The van der Waals surface area contributed by atoms with Crippen LogP contribution in [0.2, 0.25) is 0 Å². The average Bonchev–Trinajstić information content (AvgIpc) is 1.88. The van der Waals surface area contributed by atoms with Crippen LogP contribution in [0.3, 0.4) is 0 Å². The molecule has 0 atom stereocenters. The van der Waals surface area contributed by atoms with Gasteiger partial charge in [-0.25, -0.2) is 0 Å². The second-order valence-electron chi connectivity index (χ2n) is 2.33. The largest absolute Gasteiger partial charge is 0.265 e. The van der Waals surface area contributed by atoms with E-state index in [1.54, 1.807) is 0 Å². The topological polar surface area (TPSA) is 17.1 Å². The van der Waals surface area contributed by atoms with Crippen LogP contribution in [0.25, 0.3) is 0 Å². The zero-order valence-electron chi connectivity index (χ0n) is 6.02. The first kappa shape index (κ1) is 7.85. The number of aryl methyl sites for hydroxylation is 2. The molecule has 0 fully saturated rings. The molecule has 54 valence electrons.